The molecular weight excluding hydrogens is 803 g/mol. The van der Waals surface area contributed by atoms with Gasteiger partial charge < -0.3 is 39.9 Å². The molecule has 0 aliphatic heterocycles. The normalized spacial score (nSPS) is 21.9. The van der Waals surface area contributed by atoms with Crippen molar-refractivity contribution < 1.29 is 63.1 Å². The molecule has 6 unspecified atom stereocenters. The summed E-state index contributed by atoms with van der Waals surface area (Å²) in [5.74, 6) is -1.08. The van der Waals surface area contributed by atoms with Crippen LogP contribution in [0.2, 0.25) is 0 Å². The van der Waals surface area contributed by atoms with Gasteiger partial charge in [-0.2, -0.15) is 0 Å². The minimum atomic E-state index is -5.11. The Morgan fingerprint density at radius 2 is 0.738 bits per heavy atom. The molecule has 1 fully saturated rings. The van der Waals surface area contributed by atoms with Crippen molar-refractivity contribution in [1.29, 1.82) is 0 Å². The fourth-order valence-electron chi connectivity index (χ4n) is 7.94. The molecule has 0 aromatic rings. The standard InChI is InChI=1S/C47H91O13P/c1-3-5-7-9-11-13-15-17-19-21-23-25-27-29-31-33-35-40(48)57-37-39(38-58-61(55,56)60-47-45(53)43(51)42(50)44(52)46(47)54)59-41(49)36-34-32-30-28-26-24-22-20-18-16-14-12-10-8-6-4-2/h39,42-47,50-54H,3-38H2,1-2H3,(H,55,56). The highest BCUT2D eigenvalue weighted by Crippen LogP contribution is 2.47. The fourth-order valence-corrected chi connectivity index (χ4v) is 8.91. The average Bonchev–Trinajstić information content (AvgIpc) is 3.24. The third kappa shape index (κ3) is 30.6. The van der Waals surface area contributed by atoms with Crippen molar-refractivity contribution >= 4 is 19.8 Å². The zero-order chi connectivity index (χ0) is 45.0. The predicted octanol–water partition coefficient (Wildman–Crippen LogP) is 10.1. The topological polar surface area (TPSA) is 210 Å². The van der Waals surface area contributed by atoms with Crippen LogP contribution in [-0.4, -0.2) is 98.3 Å². The lowest BCUT2D eigenvalue weighted by atomic mass is 9.85. The number of hydrogen-bond donors (Lipinski definition) is 6. The summed E-state index contributed by atoms with van der Waals surface area (Å²) < 4.78 is 33.6. The molecule has 1 saturated carbocycles. The van der Waals surface area contributed by atoms with Gasteiger partial charge in [0.25, 0.3) is 0 Å². The summed E-state index contributed by atoms with van der Waals surface area (Å²) in [7, 11) is -5.11. The number of esters is 2. The molecule has 0 spiro atoms. The van der Waals surface area contributed by atoms with Gasteiger partial charge in [-0.3, -0.25) is 18.6 Å². The third-order valence-corrected chi connectivity index (χ3v) is 12.9. The first-order chi connectivity index (χ1) is 29.4. The minimum absolute atomic E-state index is 0.105. The van der Waals surface area contributed by atoms with Gasteiger partial charge in [0.05, 0.1) is 6.61 Å². The number of phosphoric acid groups is 1. The van der Waals surface area contributed by atoms with E-state index in [1.165, 1.54) is 154 Å². The number of hydrogen-bond acceptors (Lipinski definition) is 12. The van der Waals surface area contributed by atoms with Crippen LogP contribution in [0, 0.1) is 0 Å². The average molecular weight is 895 g/mol. The first-order valence-corrected chi connectivity index (χ1v) is 26.3. The molecular formula is C47H91O13P. The van der Waals surface area contributed by atoms with Gasteiger partial charge in [-0.15, -0.1) is 0 Å². The lowest BCUT2D eigenvalue weighted by Gasteiger charge is -2.41. The molecule has 362 valence electrons. The minimum Gasteiger partial charge on any atom is -0.462 e. The number of aliphatic hydroxyl groups excluding tert-OH is 5. The van der Waals surface area contributed by atoms with E-state index in [1.807, 2.05) is 0 Å². The van der Waals surface area contributed by atoms with Crippen LogP contribution in [0.1, 0.15) is 232 Å². The first-order valence-electron chi connectivity index (χ1n) is 24.8. The SMILES string of the molecule is CCCCCCCCCCCCCCCCCCC(=O)OCC(COP(=O)(O)OC1C(O)C(O)C(O)C(O)C1O)OC(=O)CCCCCCCCCCCCCCCCCC. The van der Waals surface area contributed by atoms with E-state index in [0.29, 0.717) is 12.8 Å². The largest absolute Gasteiger partial charge is 0.472 e. The number of aliphatic hydroxyl groups is 5. The predicted molar refractivity (Wildman–Crippen MR) is 240 cm³/mol. The van der Waals surface area contributed by atoms with Crippen LogP contribution in [0.25, 0.3) is 0 Å². The highest BCUT2D eigenvalue weighted by atomic mass is 31.2. The highest BCUT2D eigenvalue weighted by molar-refractivity contribution is 7.47. The zero-order valence-electron chi connectivity index (χ0n) is 38.5. The molecule has 0 bridgehead atoms. The van der Waals surface area contributed by atoms with E-state index in [-0.39, 0.29) is 12.8 Å². The van der Waals surface area contributed by atoms with E-state index < -0.39 is 75.7 Å². The number of ether oxygens (including phenoxy) is 2. The van der Waals surface area contributed by atoms with Gasteiger partial charge >= 0.3 is 19.8 Å². The third-order valence-electron chi connectivity index (χ3n) is 11.9. The molecule has 14 heteroatoms. The van der Waals surface area contributed by atoms with E-state index >= 15 is 0 Å². The summed E-state index contributed by atoms with van der Waals surface area (Å²) >= 11 is 0. The molecule has 0 heterocycles. The smallest absolute Gasteiger partial charge is 0.462 e. The van der Waals surface area contributed by atoms with Crippen LogP contribution in [0.15, 0.2) is 0 Å². The molecule has 0 aromatic heterocycles. The Morgan fingerprint density at radius 3 is 1.08 bits per heavy atom. The number of unbranched alkanes of at least 4 members (excludes halogenated alkanes) is 30. The fraction of sp³-hybridized carbons (Fsp3) is 0.957. The Balaban J connectivity index is 2.40. The van der Waals surface area contributed by atoms with E-state index in [9.17, 15) is 44.6 Å². The maximum atomic E-state index is 12.8. The molecule has 0 radical (unpaired) electrons. The van der Waals surface area contributed by atoms with Crippen LogP contribution in [0.4, 0.5) is 0 Å². The van der Waals surface area contributed by atoms with Crippen molar-refractivity contribution in [3.63, 3.8) is 0 Å². The Kier molecular flexibility index (Phi) is 36.2. The molecule has 0 saturated heterocycles. The van der Waals surface area contributed by atoms with Gasteiger partial charge in [-0.1, -0.05) is 206 Å². The molecule has 0 amide bonds. The quantitative estimate of drug-likeness (QED) is 0.0192. The van der Waals surface area contributed by atoms with Gasteiger partial charge in [-0.05, 0) is 12.8 Å². The summed E-state index contributed by atoms with van der Waals surface area (Å²) in [4.78, 5) is 35.8. The first kappa shape index (κ1) is 57.9. The van der Waals surface area contributed by atoms with Crippen LogP contribution in [0.5, 0.6) is 0 Å². The molecule has 0 aromatic carbocycles. The van der Waals surface area contributed by atoms with Gasteiger partial charge in [0.15, 0.2) is 6.10 Å². The van der Waals surface area contributed by atoms with Crippen LogP contribution < -0.4 is 0 Å². The Morgan fingerprint density at radius 1 is 0.443 bits per heavy atom. The number of carbonyl (C=O) groups excluding carboxylic acids is 2. The van der Waals surface area contributed by atoms with Crippen LogP contribution in [-0.2, 0) is 32.7 Å². The summed E-state index contributed by atoms with van der Waals surface area (Å²) in [5.41, 5.74) is 0. The van der Waals surface area contributed by atoms with Crippen molar-refractivity contribution in [2.24, 2.45) is 0 Å². The molecule has 1 aliphatic carbocycles. The van der Waals surface area contributed by atoms with Crippen molar-refractivity contribution in [2.45, 2.75) is 275 Å². The summed E-state index contributed by atoms with van der Waals surface area (Å²) in [5, 5.41) is 50.2. The van der Waals surface area contributed by atoms with Crippen molar-refractivity contribution in [3.05, 3.63) is 0 Å². The van der Waals surface area contributed by atoms with Gasteiger partial charge in [-0.25, -0.2) is 4.57 Å². The molecule has 1 rings (SSSR count). The Hall–Kier alpha value is -1.15. The van der Waals surface area contributed by atoms with E-state index in [0.717, 1.165) is 38.5 Å². The lowest BCUT2D eigenvalue weighted by molar-refractivity contribution is -0.220. The summed E-state index contributed by atoms with van der Waals surface area (Å²) in [6.45, 7) is 3.34. The highest BCUT2D eigenvalue weighted by Gasteiger charge is 2.51. The lowest BCUT2D eigenvalue weighted by Crippen LogP contribution is -2.64. The van der Waals surface area contributed by atoms with Crippen LogP contribution in [0.3, 0.4) is 0 Å². The second kappa shape index (κ2) is 38.2. The second-order valence-electron chi connectivity index (χ2n) is 17.7. The Labute approximate surface area is 370 Å². The zero-order valence-corrected chi connectivity index (χ0v) is 39.4. The monoisotopic (exact) mass is 895 g/mol. The maximum Gasteiger partial charge on any atom is 0.472 e. The van der Waals surface area contributed by atoms with Crippen molar-refractivity contribution in [3.8, 4) is 0 Å². The number of rotatable bonds is 42. The van der Waals surface area contributed by atoms with Gasteiger partial charge in [0.2, 0.25) is 0 Å². The van der Waals surface area contributed by atoms with E-state index in [2.05, 4.69) is 13.8 Å². The van der Waals surface area contributed by atoms with Crippen molar-refractivity contribution in [1.82, 2.24) is 0 Å². The van der Waals surface area contributed by atoms with E-state index in [4.69, 9.17) is 18.5 Å². The molecule has 13 nitrogen and oxygen atoms in total. The van der Waals surface area contributed by atoms with Gasteiger partial charge in [0.1, 0.15) is 43.2 Å². The van der Waals surface area contributed by atoms with Gasteiger partial charge in [0, 0.05) is 12.8 Å². The summed E-state index contributed by atoms with van der Waals surface area (Å²) in [6, 6.07) is 0. The Bertz CT molecular complexity index is 1080. The number of phosphoric ester groups is 1. The molecule has 6 N–H and O–H groups in total. The van der Waals surface area contributed by atoms with Crippen molar-refractivity contribution in [2.75, 3.05) is 13.2 Å². The maximum absolute atomic E-state index is 12.8. The number of carbonyl (C=O) groups is 2. The molecule has 6 atom stereocenters. The van der Waals surface area contributed by atoms with E-state index in [1.54, 1.807) is 0 Å². The summed E-state index contributed by atoms with van der Waals surface area (Å²) in [6.07, 6.45) is 25.8. The molecule has 1 aliphatic rings. The molecule has 61 heavy (non-hydrogen) atoms. The second-order valence-corrected chi connectivity index (χ2v) is 19.1. The van der Waals surface area contributed by atoms with Crippen LogP contribution >= 0.6 is 7.82 Å².